The molecule has 0 saturated carbocycles. The van der Waals surface area contributed by atoms with Crippen LogP contribution >= 0.6 is 0 Å². The van der Waals surface area contributed by atoms with Crippen LogP contribution in [-0.4, -0.2) is 28.5 Å². The van der Waals surface area contributed by atoms with Crippen molar-refractivity contribution in [2.45, 2.75) is 0 Å². The third kappa shape index (κ3) is 3.21. The summed E-state index contributed by atoms with van der Waals surface area (Å²) < 4.78 is 7.06. The molecule has 0 N–H and O–H groups in total. The van der Waals surface area contributed by atoms with E-state index in [2.05, 4.69) is 134 Å². The molecule has 0 fully saturated rings. The second-order valence-electron chi connectivity index (χ2n) is 12.1. The predicted octanol–water partition coefficient (Wildman–Crippen LogP) is 9.78. The van der Waals surface area contributed by atoms with Crippen molar-refractivity contribution >= 4 is 82.1 Å². The Morgan fingerprint density at radius 1 is 0.426 bits per heavy atom. The molecule has 6 aromatic heterocycles. The molecular weight excluding hydrogens is 576 g/mol. The summed E-state index contributed by atoms with van der Waals surface area (Å²) in [6.45, 7) is 0. The Labute approximate surface area is 267 Å². The van der Waals surface area contributed by atoms with Gasteiger partial charge in [0.15, 0.2) is 0 Å². The minimum atomic E-state index is 0.854. The summed E-state index contributed by atoms with van der Waals surface area (Å²) in [6, 6.07) is 45.7. The number of benzene rings is 5. The van der Waals surface area contributed by atoms with Crippen molar-refractivity contribution in [3.05, 3.63) is 146 Å². The van der Waals surface area contributed by atoms with Crippen molar-refractivity contribution in [1.82, 2.24) is 28.5 Å². The van der Waals surface area contributed by atoms with Crippen LogP contribution in [0.4, 0.5) is 0 Å². The van der Waals surface area contributed by atoms with Crippen LogP contribution in [0.3, 0.4) is 0 Å². The van der Waals surface area contributed by atoms with Gasteiger partial charge in [0.25, 0.3) is 0 Å². The SMILES string of the molecule is c1ccc(-n2c3ccccc3c3ccc4c5cc6c(cc5n(-c5ccccc5)c4c32)c2cccnc2n2c3ccncc3nc62)cc1. The molecule has 0 radical (unpaired) electrons. The van der Waals surface area contributed by atoms with E-state index in [1.165, 1.54) is 38.1 Å². The highest BCUT2D eigenvalue weighted by atomic mass is 15.1. The molecule has 47 heavy (non-hydrogen) atoms. The fraction of sp³-hybridized carbons (Fsp3) is 0. The van der Waals surface area contributed by atoms with Gasteiger partial charge in [-0.15, -0.1) is 0 Å². The van der Waals surface area contributed by atoms with Gasteiger partial charge in [0.2, 0.25) is 0 Å². The molecule has 0 bridgehead atoms. The maximum absolute atomic E-state index is 5.13. The lowest BCUT2D eigenvalue weighted by molar-refractivity contribution is 1.15. The first-order valence-electron chi connectivity index (χ1n) is 15.8. The van der Waals surface area contributed by atoms with Gasteiger partial charge in [-0.25, -0.2) is 9.97 Å². The lowest BCUT2D eigenvalue weighted by Gasteiger charge is -2.13. The number of para-hydroxylation sites is 3. The summed E-state index contributed by atoms with van der Waals surface area (Å²) in [5.74, 6) is 0. The summed E-state index contributed by atoms with van der Waals surface area (Å²) in [4.78, 5) is 14.4. The molecule has 5 aromatic carbocycles. The first kappa shape index (κ1) is 24.8. The van der Waals surface area contributed by atoms with E-state index >= 15 is 0 Å². The maximum atomic E-state index is 5.13. The number of rotatable bonds is 2. The molecule has 11 aromatic rings. The third-order valence-corrected chi connectivity index (χ3v) is 9.72. The summed E-state index contributed by atoms with van der Waals surface area (Å²) in [5, 5.41) is 8.13. The number of fused-ring (bicyclic) bond motifs is 15. The average Bonchev–Trinajstić information content (AvgIpc) is 3.80. The van der Waals surface area contributed by atoms with Crippen LogP contribution in [0.2, 0.25) is 0 Å². The first-order valence-corrected chi connectivity index (χ1v) is 15.8. The number of hydrogen-bond acceptors (Lipinski definition) is 3. The standard InChI is InChI=1S/C41H24N6/c1-3-10-25(11-4-1)45-35-16-8-7-14-27(35)28-17-18-29-32-22-33-31(23-37(32)46(39(29)38(28)45)26-12-5-2-6-13-26)30-15-9-20-43-40(30)47-36-19-21-42-24-34(36)44-41(33)47/h1-24H. The molecule has 6 heteroatoms. The summed E-state index contributed by atoms with van der Waals surface area (Å²) in [6.07, 6.45) is 5.52. The first-order chi connectivity index (χ1) is 23.3. The smallest absolute Gasteiger partial charge is 0.147 e. The van der Waals surface area contributed by atoms with E-state index in [1.54, 1.807) is 0 Å². The molecular formula is C41H24N6. The third-order valence-electron chi connectivity index (χ3n) is 9.72. The Morgan fingerprint density at radius 3 is 1.89 bits per heavy atom. The molecule has 218 valence electrons. The highest BCUT2D eigenvalue weighted by Gasteiger charge is 2.23. The van der Waals surface area contributed by atoms with E-state index in [-0.39, 0.29) is 0 Å². The quantitative estimate of drug-likeness (QED) is 0.186. The summed E-state index contributed by atoms with van der Waals surface area (Å²) in [5.41, 5.74) is 10.6. The second-order valence-corrected chi connectivity index (χ2v) is 12.1. The fourth-order valence-electron chi connectivity index (χ4n) is 7.80. The highest BCUT2D eigenvalue weighted by Crippen LogP contribution is 2.44. The van der Waals surface area contributed by atoms with Crippen LogP contribution < -0.4 is 0 Å². The van der Waals surface area contributed by atoms with Crippen LogP contribution in [0.1, 0.15) is 0 Å². The Morgan fingerprint density at radius 2 is 1.11 bits per heavy atom. The normalized spacial score (nSPS) is 12.3. The van der Waals surface area contributed by atoms with E-state index in [4.69, 9.17) is 9.97 Å². The van der Waals surface area contributed by atoms with Crippen LogP contribution in [0.5, 0.6) is 0 Å². The maximum Gasteiger partial charge on any atom is 0.147 e. The molecule has 0 unspecified atom stereocenters. The van der Waals surface area contributed by atoms with Gasteiger partial charge in [0.1, 0.15) is 16.8 Å². The van der Waals surface area contributed by atoms with Crippen molar-refractivity contribution in [3.8, 4) is 11.4 Å². The van der Waals surface area contributed by atoms with Crippen molar-refractivity contribution in [1.29, 1.82) is 0 Å². The molecule has 6 nitrogen and oxygen atoms in total. The van der Waals surface area contributed by atoms with Gasteiger partial charge in [-0.3, -0.25) is 9.38 Å². The van der Waals surface area contributed by atoms with Gasteiger partial charge in [-0.1, -0.05) is 66.7 Å². The molecule has 0 aliphatic carbocycles. The lowest BCUT2D eigenvalue weighted by Crippen LogP contribution is -1.98. The van der Waals surface area contributed by atoms with Gasteiger partial charge in [-0.05, 0) is 66.0 Å². The van der Waals surface area contributed by atoms with Crippen LogP contribution in [0.15, 0.2) is 146 Å². The minimum absolute atomic E-state index is 0.854. The van der Waals surface area contributed by atoms with Crippen molar-refractivity contribution in [2.75, 3.05) is 0 Å². The molecule has 0 amide bonds. The summed E-state index contributed by atoms with van der Waals surface area (Å²) in [7, 11) is 0. The van der Waals surface area contributed by atoms with Crippen molar-refractivity contribution < 1.29 is 0 Å². The second kappa shape index (κ2) is 9.02. The van der Waals surface area contributed by atoms with Gasteiger partial charge in [0, 0.05) is 56.1 Å². The van der Waals surface area contributed by atoms with Gasteiger partial charge < -0.3 is 9.13 Å². The van der Waals surface area contributed by atoms with E-state index in [0.29, 0.717) is 0 Å². The molecule has 0 spiro atoms. The van der Waals surface area contributed by atoms with Crippen molar-refractivity contribution in [3.63, 3.8) is 0 Å². The topological polar surface area (TPSA) is 52.9 Å². The van der Waals surface area contributed by atoms with Crippen LogP contribution in [0.25, 0.3) is 93.5 Å². The largest absolute Gasteiger partial charge is 0.307 e. The Bertz CT molecular complexity index is 3060. The fourth-order valence-corrected chi connectivity index (χ4v) is 7.80. The molecule has 0 atom stereocenters. The Kier molecular flexibility index (Phi) is 4.75. The zero-order valence-electron chi connectivity index (χ0n) is 25.0. The van der Waals surface area contributed by atoms with Crippen LogP contribution in [-0.2, 0) is 0 Å². The number of imidazole rings is 1. The highest BCUT2D eigenvalue weighted by molar-refractivity contribution is 6.27. The predicted molar refractivity (Wildman–Crippen MR) is 192 cm³/mol. The van der Waals surface area contributed by atoms with Gasteiger partial charge in [0.05, 0.1) is 33.8 Å². The molecule has 6 heterocycles. The zero-order valence-corrected chi connectivity index (χ0v) is 25.0. The lowest BCUT2D eigenvalue weighted by atomic mass is 10.0. The van der Waals surface area contributed by atoms with E-state index in [0.717, 1.165) is 55.4 Å². The molecule has 0 saturated heterocycles. The molecule has 0 aliphatic rings. The Hall–Kier alpha value is -6.53. The van der Waals surface area contributed by atoms with Gasteiger partial charge >= 0.3 is 0 Å². The van der Waals surface area contributed by atoms with E-state index in [9.17, 15) is 0 Å². The van der Waals surface area contributed by atoms with E-state index < -0.39 is 0 Å². The summed E-state index contributed by atoms with van der Waals surface area (Å²) >= 11 is 0. The van der Waals surface area contributed by atoms with E-state index in [1.807, 2.05) is 30.7 Å². The number of nitrogens with zero attached hydrogens (tertiary/aromatic N) is 6. The molecule has 11 rings (SSSR count). The monoisotopic (exact) mass is 600 g/mol. The van der Waals surface area contributed by atoms with Crippen molar-refractivity contribution in [2.24, 2.45) is 0 Å². The number of aromatic nitrogens is 6. The number of pyridine rings is 3. The Balaban J connectivity index is 1.42. The molecule has 0 aliphatic heterocycles. The van der Waals surface area contributed by atoms with Crippen LogP contribution in [0, 0.1) is 0 Å². The van der Waals surface area contributed by atoms with Gasteiger partial charge in [-0.2, -0.15) is 0 Å². The average molecular weight is 601 g/mol. The minimum Gasteiger partial charge on any atom is -0.307 e. The number of hydrogen-bond donors (Lipinski definition) is 0. The zero-order chi connectivity index (χ0) is 30.6.